The van der Waals surface area contributed by atoms with Crippen molar-refractivity contribution < 1.29 is 28.7 Å². The standard InChI is InChI=1S/C61H46N2O6/c1-36-14-31-53-54(32-36)59(2,3)35-60(53,4)37-15-21-40(22-16-37)63-57(66)48-30-28-44(34-50(48)58(63)67)69-42-25-19-39(20-26-42)61(51-12-8-6-10-45(51)46-11-7-9-13-52(46)61)38-17-23-41(24-18-38)68-43-27-29-47-49(33-43)56(65)62(5)55(47)64/h6-34H,35H2,1-5H3. The molecule has 8 aromatic rings. The maximum atomic E-state index is 14.1. The van der Waals surface area contributed by atoms with Gasteiger partial charge < -0.3 is 9.47 Å². The minimum atomic E-state index is -0.702. The lowest BCUT2D eigenvalue weighted by atomic mass is 9.68. The maximum absolute atomic E-state index is 14.1. The number of nitrogens with zero attached hydrogens (tertiary/aromatic N) is 2. The highest BCUT2D eigenvalue weighted by Crippen LogP contribution is 2.57. The minimum Gasteiger partial charge on any atom is -0.457 e. The molecule has 0 N–H and O–H groups in total. The Hall–Kier alpha value is -8.36. The molecule has 0 radical (unpaired) electrons. The first kappa shape index (κ1) is 42.0. The Morgan fingerprint density at radius 2 is 0.884 bits per heavy atom. The largest absolute Gasteiger partial charge is 0.457 e. The van der Waals surface area contributed by atoms with Crippen molar-refractivity contribution in [3.8, 4) is 34.1 Å². The summed E-state index contributed by atoms with van der Waals surface area (Å²) in [5, 5.41) is 0. The molecule has 2 aliphatic carbocycles. The van der Waals surface area contributed by atoms with Crippen molar-refractivity contribution in [1.82, 2.24) is 4.90 Å². The molecule has 0 saturated carbocycles. The van der Waals surface area contributed by atoms with E-state index in [-0.39, 0.29) is 34.5 Å². The van der Waals surface area contributed by atoms with Crippen LogP contribution in [0.2, 0.25) is 0 Å². The van der Waals surface area contributed by atoms with Gasteiger partial charge in [-0.3, -0.25) is 24.1 Å². The van der Waals surface area contributed by atoms with Gasteiger partial charge >= 0.3 is 0 Å². The van der Waals surface area contributed by atoms with Crippen LogP contribution in [0.25, 0.3) is 11.1 Å². The van der Waals surface area contributed by atoms with Gasteiger partial charge in [0.25, 0.3) is 23.6 Å². The fraction of sp³-hybridized carbons (Fsp3) is 0.148. The zero-order chi connectivity index (χ0) is 47.6. The van der Waals surface area contributed by atoms with Crippen molar-refractivity contribution in [2.45, 2.75) is 50.4 Å². The number of hydrogen-bond donors (Lipinski definition) is 0. The van der Waals surface area contributed by atoms with Crippen molar-refractivity contribution in [1.29, 1.82) is 0 Å². The molecule has 0 spiro atoms. The number of rotatable bonds is 8. The van der Waals surface area contributed by atoms with Crippen LogP contribution in [-0.2, 0) is 16.2 Å². The van der Waals surface area contributed by atoms with Crippen LogP contribution in [0.1, 0.15) is 113 Å². The fourth-order valence-corrected chi connectivity index (χ4v) is 11.8. The molecular weight excluding hydrogens is 857 g/mol. The Bertz CT molecular complexity index is 3470. The van der Waals surface area contributed by atoms with E-state index in [1.54, 1.807) is 36.4 Å². The van der Waals surface area contributed by atoms with Crippen LogP contribution in [0.4, 0.5) is 5.69 Å². The SMILES string of the molecule is Cc1ccc2c(c1)C(C)(C)CC2(C)c1ccc(N2C(=O)c3ccc(Oc4ccc(C5(c6ccc(Oc7ccc8c(c7)C(=O)N(C)C8=O)cc6)c6ccccc6-c6ccccc65)cc4)cc3C2=O)cc1. The Morgan fingerprint density at radius 1 is 0.420 bits per heavy atom. The molecule has 0 bridgehead atoms. The van der Waals surface area contributed by atoms with Gasteiger partial charge in [-0.25, -0.2) is 4.90 Å². The van der Waals surface area contributed by atoms with E-state index in [4.69, 9.17) is 9.47 Å². The summed E-state index contributed by atoms with van der Waals surface area (Å²) < 4.78 is 12.7. The Labute approximate surface area is 400 Å². The van der Waals surface area contributed by atoms with Crippen molar-refractivity contribution in [3.63, 3.8) is 0 Å². The van der Waals surface area contributed by atoms with E-state index >= 15 is 0 Å². The first-order valence-corrected chi connectivity index (χ1v) is 23.2. The van der Waals surface area contributed by atoms with E-state index in [0.717, 1.165) is 50.3 Å². The van der Waals surface area contributed by atoms with E-state index in [2.05, 4.69) is 131 Å². The molecule has 0 saturated heterocycles. The van der Waals surface area contributed by atoms with E-state index in [1.807, 2.05) is 36.4 Å². The minimum absolute atomic E-state index is 0.0134. The second-order valence-corrected chi connectivity index (χ2v) is 19.6. The van der Waals surface area contributed by atoms with Crippen LogP contribution >= 0.6 is 0 Å². The first-order valence-electron chi connectivity index (χ1n) is 23.2. The Morgan fingerprint density at radius 3 is 1.45 bits per heavy atom. The number of imide groups is 2. The molecule has 12 rings (SSSR count). The summed E-state index contributed by atoms with van der Waals surface area (Å²) in [5.41, 5.74) is 12.7. The normalized spacial score (nSPS) is 17.9. The molecule has 1 unspecified atom stereocenters. The van der Waals surface area contributed by atoms with Crippen LogP contribution in [0.15, 0.2) is 176 Å². The summed E-state index contributed by atoms with van der Waals surface area (Å²) >= 11 is 0. The summed E-state index contributed by atoms with van der Waals surface area (Å²) in [6, 6.07) is 57.7. The highest BCUT2D eigenvalue weighted by Gasteiger charge is 2.47. The van der Waals surface area contributed by atoms with Crippen LogP contribution in [-0.4, -0.2) is 35.6 Å². The summed E-state index contributed by atoms with van der Waals surface area (Å²) in [5.74, 6) is 0.631. The highest BCUT2D eigenvalue weighted by molar-refractivity contribution is 6.34. The monoisotopic (exact) mass is 902 g/mol. The van der Waals surface area contributed by atoms with Gasteiger partial charge in [-0.05, 0) is 142 Å². The number of fused-ring (bicyclic) bond motifs is 6. The quantitative estimate of drug-likeness (QED) is 0.141. The predicted octanol–water partition coefficient (Wildman–Crippen LogP) is 13.0. The number of anilines is 1. The molecule has 0 fully saturated rings. The van der Waals surface area contributed by atoms with E-state index in [9.17, 15) is 19.2 Å². The average molecular weight is 903 g/mol. The van der Waals surface area contributed by atoms with Crippen molar-refractivity contribution in [2.75, 3.05) is 11.9 Å². The number of carbonyl (C=O) groups excluding carboxylic acids is 4. The van der Waals surface area contributed by atoms with Gasteiger partial charge in [0, 0.05) is 12.5 Å². The molecule has 0 aromatic heterocycles. The van der Waals surface area contributed by atoms with Gasteiger partial charge in [-0.2, -0.15) is 0 Å². The third-order valence-electron chi connectivity index (χ3n) is 15.0. The fourth-order valence-electron chi connectivity index (χ4n) is 11.8. The lowest BCUT2D eigenvalue weighted by molar-refractivity contribution is 0.0692. The topological polar surface area (TPSA) is 93.2 Å². The van der Waals surface area contributed by atoms with Crippen LogP contribution in [0.5, 0.6) is 23.0 Å². The molecule has 336 valence electrons. The Kier molecular flexibility index (Phi) is 9.18. The van der Waals surface area contributed by atoms with Gasteiger partial charge in [0.15, 0.2) is 0 Å². The second kappa shape index (κ2) is 15.1. The third-order valence-corrected chi connectivity index (χ3v) is 15.0. The molecular formula is C61H46N2O6. The molecule has 8 aromatic carbocycles. The zero-order valence-electron chi connectivity index (χ0n) is 38.8. The molecule has 69 heavy (non-hydrogen) atoms. The average Bonchev–Trinajstić information content (AvgIpc) is 3.95. The number of carbonyl (C=O) groups is 4. The van der Waals surface area contributed by atoms with Crippen LogP contribution < -0.4 is 14.4 Å². The summed E-state index contributed by atoms with van der Waals surface area (Å²) in [4.78, 5) is 55.5. The van der Waals surface area contributed by atoms with Gasteiger partial charge in [-0.15, -0.1) is 0 Å². The predicted molar refractivity (Wildman–Crippen MR) is 266 cm³/mol. The highest BCUT2D eigenvalue weighted by atomic mass is 16.5. The zero-order valence-corrected chi connectivity index (χ0v) is 38.8. The van der Waals surface area contributed by atoms with Crippen molar-refractivity contribution >= 4 is 29.3 Å². The van der Waals surface area contributed by atoms with Gasteiger partial charge in [0.1, 0.15) is 23.0 Å². The van der Waals surface area contributed by atoms with Crippen LogP contribution in [0.3, 0.4) is 0 Å². The molecule has 8 heteroatoms. The molecule has 4 aliphatic rings. The van der Waals surface area contributed by atoms with Crippen molar-refractivity contribution in [3.05, 3.63) is 243 Å². The summed E-state index contributed by atoms with van der Waals surface area (Å²) in [7, 11) is 1.48. The smallest absolute Gasteiger partial charge is 0.266 e. The second-order valence-electron chi connectivity index (χ2n) is 19.6. The van der Waals surface area contributed by atoms with E-state index in [1.165, 1.54) is 28.6 Å². The number of aryl methyl sites for hydroxylation is 1. The maximum Gasteiger partial charge on any atom is 0.266 e. The van der Waals surface area contributed by atoms with Gasteiger partial charge in [0.05, 0.1) is 33.4 Å². The van der Waals surface area contributed by atoms with Crippen molar-refractivity contribution in [2.24, 2.45) is 0 Å². The first-order chi connectivity index (χ1) is 33.3. The number of benzene rings is 8. The van der Waals surface area contributed by atoms with Crippen LogP contribution in [0, 0.1) is 6.92 Å². The molecule has 4 amide bonds. The van der Waals surface area contributed by atoms with E-state index in [0.29, 0.717) is 50.9 Å². The molecule has 2 heterocycles. The third kappa shape index (κ3) is 6.21. The summed E-state index contributed by atoms with van der Waals surface area (Å²) in [6.07, 6.45) is 0.956. The van der Waals surface area contributed by atoms with Gasteiger partial charge in [0.2, 0.25) is 0 Å². The number of ether oxygens (including phenoxy) is 2. The lowest BCUT2D eigenvalue weighted by Crippen LogP contribution is -2.29. The van der Waals surface area contributed by atoms with Gasteiger partial charge in [-0.1, -0.05) is 129 Å². The molecule has 8 nitrogen and oxygen atoms in total. The van der Waals surface area contributed by atoms with E-state index < -0.39 is 5.41 Å². The summed E-state index contributed by atoms with van der Waals surface area (Å²) in [6.45, 7) is 9.03. The molecule has 1 atom stereocenters. The lowest BCUT2D eigenvalue weighted by Gasteiger charge is -2.34. The number of hydrogen-bond acceptors (Lipinski definition) is 6. The Balaban J connectivity index is 0.822. The molecule has 2 aliphatic heterocycles. The number of amides is 4.